The van der Waals surface area contributed by atoms with Crippen LogP contribution in [0.5, 0.6) is 0 Å². The molecule has 0 saturated carbocycles. The number of phosphoric acid groups is 2. The van der Waals surface area contributed by atoms with Gasteiger partial charge in [0.25, 0.3) is 0 Å². The van der Waals surface area contributed by atoms with Gasteiger partial charge in [0.1, 0.15) is 19.3 Å². The molecular weight excluding hydrogens is 1320 g/mol. The van der Waals surface area contributed by atoms with Crippen molar-refractivity contribution in [1.29, 1.82) is 0 Å². The Labute approximate surface area is 619 Å². The van der Waals surface area contributed by atoms with Crippen molar-refractivity contribution >= 4 is 39.5 Å². The predicted molar refractivity (Wildman–Crippen MR) is 414 cm³/mol. The molecule has 0 radical (unpaired) electrons. The van der Waals surface area contributed by atoms with E-state index in [1.807, 2.05) is 0 Å². The first-order valence-corrected chi connectivity index (χ1v) is 45.8. The van der Waals surface area contributed by atoms with E-state index in [9.17, 15) is 43.2 Å². The van der Waals surface area contributed by atoms with Crippen molar-refractivity contribution in [1.82, 2.24) is 0 Å². The number of unbranched alkanes of at least 4 members (excludes halogenated alkanes) is 57. The second kappa shape index (κ2) is 76.3. The van der Waals surface area contributed by atoms with Crippen LogP contribution in [0.15, 0.2) is 0 Å². The highest BCUT2D eigenvalue weighted by Gasteiger charge is 2.30. The maximum atomic E-state index is 13.1. The average molecular weight is 1480 g/mol. The van der Waals surface area contributed by atoms with Crippen LogP contribution in [0.1, 0.15) is 445 Å². The second-order valence-electron chi connectivity index (χ2n) is 29.5. The van der Waals surface area contributed by atoms with Crippen molar-refractivity contribution in [2.45, 2.75) is 463 Å². The van der Waals surface area contributed by atoms with E-state index in [0.717, 1.165) is 103 Å². The molecule has 3 N–H and O–H groups in total. The fraction of sp³-hybridized carbons (Fsp3) is 0.951. The van der Waals surface area contributed by atoms with Crippen LogP contribution in [0.4, 0.5) is 0 Å². The Balaban J connectivity index is 5.17. The standard InChI is InChI=1S/C82H160O17P2/c1-5-9-13-17-21-24-27-30-33-36-38-40-43-45-48-51-55-59-63-67-80(85)93-73-78(99-82(87)69-65-61-57-53-50-47-44-41-39-37-34-31-28-25-22-18-14-10-6-2)75-97-101(90,91)95-71-76(83)70-94-100(88,89)96-74-77(72-92-79(84)66-62-58-54-20-16-12-8-4)98-81(86)68-64-60-56-52-49-46-42-35-32-29-26-23-19-15-11-7-3/h76-78,83H,5-75H2,1-4H3,(H,88,89)(H,90,91)/t76-,77+,78+/m0/s1. The van der Waals surface area contributed by atoms with Gasteiger partial charge in [0.15, 0.2) is 12.2 Å². The van der Waals surface area contributed by atoms with Gasteiger partial charge in [0, 0.05) is 25.7 Å². The molecule has 0 aromatic carbocycles. The molecule has 0 aromatic heterocycles. The summed E-state index contributed by atoms with van der Waals surface area (Å²) in [6, 6.07) is 0. The third kappa shape index (κ3) is 76.1. The molecule has 0 aliphatic heterocycles. The largest absolute Gasteiger partial charge is 0.472 e. The van der Waals surface area contributed by atoms with E-state index in [2.05, 4.69) is 27.7 Å². The van der Waals surface area contributed by atoms with Crippen LogP contribution in [-0.4, -0.2) is 96.7 Å². The van der Waals surface area contributed by atoms with E-state index in [1.165, 1.54) is 263 Å². The normalized spacial score (nSPS) is 13.8. The Hall–Kier alpha value is -1.94. The van der Waals surface area contributed by atoms with Crippen molar-refractivity contribution < 1.29 is 80.2 Å². The third-order valence-electron chi connectivity index (χ3n) is 19.4. The lowest BCUT2D eigenvalue weighted by atomic mass is 10.0. The summed E-state index contributed by atoms with van der Waals surface area (Å²) in [4.78, 5) is 72.9. The van der Waals surface area contributed by atoms with Crippen LogP contribution < -0.4 is 0 Å². The highest BCUT2D eigenvalue weighted by molar-refractivity contribution is 7.47. The zero-order valence-corrected chi connectivity index (χ0v) is 67.7. The number of phosphoric ester groups is 2. The van der Waals surface area contributed by atoms with Crippen molar-refractivity contribution in [3.8, 4) is 0 Å². The summed E-state index contributed by atoms with van der Waals surface area (Å²) in [6.45, 7) is 4.99. The summed E-state index contributed by atoms with van der Waals surface area (Å²) in [5.74, 6) is -2.11. The first-order chi connectivity index (χ1) is 49.2. The monoisotopic (exact) mass is 1480 g/mol. The molecular formula is C82H160O17P2. The van der Waals surface area contributed by atoms with Crippen LogP contribution >= 0.6 is 15.6 Å². The van der Waals surface area contributed by atoms with E-state index in [1.54, 1.807) is 0 Å². The van der Waals surface area contributed by atoms with Crippen molar-refractivity contribution in [2.24, 2.45) is 0 Å². The van der Waals surface area contributed by atoms with Gasteiger partial charge < -0.3 is 33.8 Å². The zero-order valence-electron chi connectivity index (χ0n) is 65.9. The minimum absolute atomic E-state index is 0.109. The summed E-state index contributed by atoms with van der Waals surface area (Å²) < 4.78 is 68.6. The van der Waals surface area contributed by atoms with Crippen LogP contribution in [0.2, 0.25) is 0 Å². The molecule has 17 nitrogen and oxygen atoms in total. The first kappa shape index (κ1) is 99.1. The van der Waals surface area contributed by atoms with Gasteiger partial charge in [-0.2, -0.15) is 0 Å². The van der Waals surface area contributed by atoms with Crippen molar-refractivity contribution in [3.63, 3.8) is 0 Å². The van der Waals surface area contributed by atoms with Gasteiger partial charge in [0.2, 0.25) is 0 Å². The molecule has 0 aromatic rings. The predicted octanol–water partition coefficient (Wildman–Crippen LogP) is 25.0. The van der Waals surface area contributed by atoms with Gasteiger partial charge in [0.05, 0.1) is 26.4 Å². The van der Waals surface area contributed by atoms with Gasteiger partial charge in [-0.1, -0.05) is 394 Å². The van der Waals surface area contributed by atoms with Crippen molar-refractivity contribution in [2.75, 3.05) is 39.6 Å². The van der Waals surface area contributed by atoms with Gasteiger partial charge in [-0.05, 0) is 25.7 Å². The van der Waals surface area contributed by atoms with Crippen LogP contribution in [0, 0.1) is 0 Å². The molecule has 0 saturated heterocycles. The van der Waals surface area contributed by atoms with E-state index in [0.29, 0.717) is 25.7 Å². The number of aliphatic hydroxyl groups excluding tert-OH is 1. The Morgan fingerprint density at radius 2 is 0.396 bits per heavy atom. The molecule has 0 rings (SSSR count). The van der Waals surface area contributed by atoms with E-state index < -0.39 is 97.5 Å². The number of carbonyl (C=O) groups excluding carboxylic acids is 4. The van der Waals surface area contributed by atoms with Crippen LogP contribution in [-0.2, 0) is 65.4 Å². The van der Waals surface area contributed by atoms with Gasteiger partial charge >= 0.3 is 39.5 Å². The molecule has 0 bridgehead atoms. The molecule has 0 fully saturated rings. The summed E-state index contributed by atoms with van der Waals surface area (Å²) in [6.07, 6.45) is 69.6. The SMILES string of the molecule is CCCCCCCCCCCCCCCCCCCCCC(=O)OC[C@H](COP(=O)(O)OC[C@@H](O)COP(=O)(O)OC[C@@H](COC(=O)CCCCCCCCC)OC(=O)CCCCCCCCCCCCCCCCCC)OC(=O)CCCCCCCCCCCCCCCCCCCCC. The van der Waals surface area contributed by atoms with E-state index in [4.69, 9.17) is 37.0 Å². The Morgan fingerprint density at radius 1 is 0.238 bits per heavy atom. The van der Waals surface area contributed by atoms with Crippen molar-refractivity contribution in [3.05, 3.63) is 0 Å². The maximum absolute atomic E-state index is 13.1. The van der Waals surface area contributed by atoms with E-state index >= 15 is 0 Å². The number of ether oxygens (including phenoxy) is 4. The molecule has 101 heavy (non-hydrogen) atoms. The number of esters is 4. The molecule has 0 amide bonds. The fourth-order valence-corrected chi connectivity index (χ4v) is 14.4. The van der Waals surface area contributed by atoms with Gasteiger partial charge in [-0.25, -0.2) is 9.13 Å². The zero-order chi connectivity index (χ0) is 73.9. The summed E-state index contributed by atoms with van der Waals surface area (Å²) in [5.41, 5.74) is 0. The number of rotatable bonds is 83. The topological polar surface area (TPSA) is 237 Å². The van der Waals surface area contributed by atoms with Gasteiger partial charge in [-0.3, -0.25) is 37.3 Å². The molecule has 0 heterocycles. The average Bonchev–Trinajstić information content (AvgIpc) is 0.969. The Morgan fingerprint density at radius 3 is 0.584 bits per heavy atom. The van der Waals surface area contributed by atoms with E-state index in [-0.39, 0.29) is 25.7 Å². The molecule has 0 spiro atoms. The third-order valence-corrected chi connectivity index (χ3v) is 21.3. The summed E-state index contributed by atoms with van der Waals surface area (Å²) in [5, 5.41) is 10.6. The molecule has 2 unspecified atom stereocenters. The molecule has 0 aliphatic carbocycles. The summed E-state index contributed by atoms with van der Waals surface area (Å²) >= 11 is 0. The maximum Gasteiger partial charge on any atom is 0.472 e. The number of aliphatic hydroxyl groups is 1. The molecule has 600 valence electrons. The fourth-order valence-electron chi connectivity index (χ4n) is 12.8. The highest BCUT2D eigenvalue weighted by Crippen LogP contribution is 2.45. The minimum atomic E-state index is -4.96. The van der Waals surface area contributed by atoms with Gasteiger partial charge in [-0.15, -0.1) is 0 Å². The Kier molecular flexibility index (Phi) is 74.8. The van der Waals surface area contributed by atoms with Crippen LogP contribution in [0.3, 0.4) is 0 Å². The van der Waals surface area contributed by atoms with Crippen LogP contribution in [0.25, 0.3) is 0 Å². The second-order valence-corrected chi connectivity index (χ2v) is 32.4. The number of carbonyl (C=O) groups is 4. The lowest BCUT2D eigenvalue weighted by Gasteiger charge is -2.21. The molecule has 0 aliphatic rings. The number of hydrogen-bond acceptors (Lipinski definition) is 15. The smallest absolute Gasteiger partial charge is 0.462 e. The molecule has 19 heteroatoms. The lowest BCUT2D eigenvalue weighted by molar-refractivity contribution is -0.161. The molecule has 5 atom stereocenters. The number of hydrogen-bond donors (Lipinski definition) is 3. The highest BCUT2D eigenvalue weighted by atomic mass is 31.2. The summed E-state index contributed by atoms with van der Waals surface area (Å²) in [7, 11) is -9.91. The Bertz CT molecular complexity index is 1910. The quantitative estimate of drug-likeness (QED) is 0.0222. The lowest BCUT2D eigenvalue weighted by Crippen LogP contribution is -2.30. The minimum Gasteiger partial charge on any atom is -0.462 e. The first-order valence-electron chi connectivity index (χ1n) is 42.8.